The summed E-state index contributed by atoms with van der Waals surface area (Å²) in [6, 6.07) is 11.9. The van der Waals surface area contributed by atoms with Crippen molar-refractivity contribution in [1.29, 1.82) is 0 Å². The minimum atomic E-state index is -0.817. The Labute approximate surface area is 241 Å². The molecule has 1 fully saturated rings. The van der Waals surface area contributed by atoms with E-state index >= 15 is 0 Å². The van der Waals surface area contributed by atoms with Gasteiger partial charge in [-0.25, -0.2) is 0 Å². The Hall–Kier alpha value is -3.20. The van der Waals surface area contributed by atoms with Crippen molar-refractivity contribution < 1.29 is 29.0 Å². The third-order valence-corrected chi connectivity index (χ3v) is 8.98. The van der Waals surface area contributed by atoms with E-state index in [0.29, 0.717) is 44.0 Å². The number of hydrogen-bond donors (Lipinski definition) is 1. The summed E-state index contributed by atoms with van der Waals surface area (Å²) < 4.78 is 11.4. The molecule has 40 heavy (non-hydrogen) atoms. The van der Waals surface area contributed by atoms with Gasteiger partial charge in [-0.05, 0) is 42.9 Å². The van der Waals surface area contributed by atoms with Crippen molar-refractivity contribution >= 4 is 35.2 Å². The number of para-hydroxylation sites is 1. The van der Waals surface area contributed by atoms with Gasteiger partial charge in [0.1, 0.15) is 0 Å². The molecule has 2 aromatic rings. The Bertz CT molecular complexity index is 1260. The lowest BCUT2D eigenvalue weighted by atomic mass is 9.93. The molecular weight excluding hydrogens is 528 g/mol. The Morgan fingerprint density at radius 2 is 1.75 bits per heavy atom. The van der Waals surface area contributed by atoms with Crippen molar-refractivity contribution in [3.05, 3.63) is 53.1 Å². The Morgan fingerprint density at radius 1 is 1.05 bits per heavy atom. The van der Waals surface area contributed by atoms with Gasteiger partial charge in [-0.1, -0.05) is 50.6 Å². The number of carbonyl (C=O) groups is 3. The van der Waals surface area contributed by atoms with Gasteiger partial charge in [0, 0.05) is 37.3 Å². The van der Waals surface area contributed by atoms with Crippen molar-refractivity contribution in [2.45, 2.75) is 57.5 Å². The van der Waals surface area contributed by atoms with Gasteiger partial charge in [-0.15, -0.1) is 11.8 Å². The number of ether oxygens (including phenoxy) is 2. The van der Waals surface area contributed by atoms with E-state index in [1.165, 1.54) is 11.8 Å². The number of rotatable bonds is 7. The van der Waals surface area contributed by atoms with Crippen LogP contribution >= 0.6 is 11.8 Å². The molecule has 0 radical (unpaired) electrons. The van der Waals surface area contributed by atoms with Crippen LogP contribution in [0.2, 0.25) is 0 Å². The largest absolute Gasteiger partial charge is 0.493 e. The second-order valence-electron chi connectivity index (χ2n) is 11.8. The summed E-state index contributed by atoms with van der Waals surface area (Å²) in [5.41, 5.74) is 3.61. The third-order valence-electron chi connectivity index (χ3n) is 7.50. The van der Waals surface area contributed by atoms with Gasteiger partial charge in [0.15, 0.2) is 11.5 Å². The topological polar surface area (TPSA) is 96.4 Å². The number of likely N-dealkylation sites (tertiary alicyclic amines) is 1. The summed E-state index contributed by atoms with van der Waals surface area (Å²) >= 11 is 1.47. The molecule has 2 unspecified atom stereocenters. The molecule has 2 aliphatic heterocycles. The number of aryl methyl sites for hydroxylation is 1. The molecule has 1 N–H and O–H groups in total. The summed E-state index contributed by atoms with van der Waals surface area (Å²) in [7, 11) is 3.21. The maximum atomic E-state index is 14.3. The number of fused-ring (bicyclic) bond motifs is 1. The molecule has 0 aromatic heterocycles. The average molecular weight is 569 g/mol. The summed E-state index contributed by atoms with van der Waals surface area (Å²) in [6.45, 7) is 9.61. The number of carboxylic acids is 1. The molecule has 9 heteroatoms. The molecule has 0 bridgehead atoms. The van der Waals surface area contributed by atoms with Crippen molar-refractivity contribution in [3.8, 4) is 11.5 Å². The first-order valence-electron chi connectivity index (χ1n) is 13.7. The average Bonchev–Trinajstić information content (AvgIpc) is 3.02. The Balaban J connectivity index is 1.77. The van der Waals surface area contributed by atoms with E-state index in [2.05, 4.69) is 26.8 Å². The van der Waals surface area contributed by atoms with Crippen molar-refractivity contribution in [1.82, 2.24) is 4.90 Å². The quantitative estimate of drug-likeness (QED) is 0.484. The number of aliphatic carboxylic acids is 1. The van der Waals surface area contributed by atoms with E-state index < -0.39 is 17.1 Å². The van der Waals surface area contributed by atoms with Gasteiger partial charge in [0.2, 0.25) is 11.8 Å². The van der Waals surface area contributed by atoms with Crippen LogP contribution in [0.5, 0.6) is 11.5 Å². The van der Waals surface area contributed by atoms with Gasteiger partial charge in [-0.2, -0.15) is 0 Å². The molecule has 4 rings (SSSR count). The highest BCUT2D eigenvalue weighted by molar-refractivity contribution is 8.01. The van der Waals surface area contributed by atoms with Crippen LogP contribution in [0.15, 0.2) is 36.4 Å². The highest BCUT2D eigenvalue weighted by atomic mass is 32.2. The first kappa shape index (κ1) is 29.8. The number of piperidine rings is 1. The van der Waals surface area contributed by atoms with Gasteiger partial charge < -0.3 is 24.4 Å². The lowest BCUT2D eigenvalue weighted by Gasteiger charge is -2.33. The molecule has 2 atom stereocenters. The number of nitrogens with zero attached hydrogens (tertiary/aromatic N) is 2. The van der Waals surface area contributed by atoms with E-state index in [4.69, 9.17) is 9.47 Å². The van der Waals surface area contributed by atoms with Crippen LogP contribution in [0.3, 0.4) is 0 Å². The van der Waals surface area contributed by atoms with Gasteiger partial charge in [0.25, 0.3) is 0 Å². The number of hydrogen-bond acceptors (Lipinski definition) is 6. The van der Waals surface area contributed by atoms with Gasteiger partial charge >= 0.3 is 5.97 Å². The van der Waals surface area contributed by atoms with E-state index in [1.54, 1.807) is 19.1 Å². The zero-order valence-corrected chi connectivity index (χ0v) is 25.0. The molecule has 2 aromatic carbocycles. The Morgan fingerprint density at radius 3 is 2.35 bits per heavy atom. The van der Waals surface area contributed by atoms with Crippen LogP contribution in [0.25, 0.3) is 0 Å². The van der Waals surface area contributed by atoms with E-state index in [9.17, 15) is 19.5 Å². The van der Waals surface area contributed by atoms with Crippen molar-refractivity contribution in [2.24, 2.45) is 11.3 Å². The van der Waals surface area contributed by atoms with Crippen LogP contribution < -0.4 is 14.4 Å². The monoisotopic (exact) mass is 568 g/mol. The standard InChI is InChI=1S/C31H40N2O6S/c1-19-10-11-23-22(16-19)28(21-8-7-9-24(38-5)27(21)39-6)40-25(29(35)33(23)18-31(2,3)4)17-26(34)32-14-12-20(13-15-32)30(36)37/h7-11,16,20,25,28H,12-15,17-18H2,1-6H3,(H,36,37). The van der Waals surface area contributed by atoms with Crippen LogP contribution in [0.4, 0.5) is 5.69 Å². The zero-order chi connectivity index (χ0) is 29.2. The summed E-state index contributed by atoms with van der Waals surface area (Å²) in [6.07, 6.45) is 0.895. The van der Waals surface area contributed by atoms with E-state index in [1.807, 2.05) is 42.2 Å². The highest BCUT2D eigenvalue weighted by Gasteiger charge is 2.40. The third kappa shape index (κ3) is 6.40. The summed E-state index contributed by atoms with van der Waals surface area (Å²) in [4.78, 5) is 42.8. The number of thioether (sulfide) groups is 1. The number of carboxylic acid groups (broad SMARTS) is 1. The zero-order valence-electron chi connectivity index (χ0n) is 24.2. The van der Waals surface area contributed by atoms with Crippen LogP contribution in [-0.4, -0.2) is 66.9 Å². The maximum Gasteiger partial charge on any atom is 0.306 e. The summed E-state index contributed by atoms with van der Waals surface area (Å²) in [5.74, 6) is -0.254. The number of anilines is 1. The molecule has 2 amide bonds. The maximum absolute atomic E-state index is 14.3. The SMILES string of the molecule is COc1cccc(C2SC(CC(=O)N3CCC(C(=O)O)CC3)C(=O)N(CC(C)(C)C)c3ccc(C)cc32)c1OC. The fraction of sp³-hybridized carbons (Fsp3) is 0.516. The first-order chi connectivity index (χ1) is 18.9. The number of amides is 2. The van der Waals surface area contributed by atoms with E-state index in [-0.39, 0.29) is 28.9 Å². The minimum Gasteiger partial charge on any atom is -0.493 e. The molecule has 1 saturated heterocycles. The van der Waals surface area contributed by atoms with Crippen LogP contribution in [0, 0.1) is 18.3 Å². The first-order valence-corrected chi connectivity index (χ1v) is 14.7. The minimum absolute atomic E-state index is 0.0393. The van der Waals surface area contributed by atoms with Gasteiger partial charge in [0.05, 0.1) is 30.6 Å². The lowest BCUT2D eigenvalue weighted by molar-refractivity contribution is -0.145. The predicted molar refractivity (Wildman–Crippen MR) is 157 cm³/mol. The smallest absolute Gasteiger partial charge is 0.306 e. The lowest BCUT2D eigenvalue weighted by Crippen LogP contribution is -2.45. The fourth-order valence-electron chi connectivity index (χ4n) is 5.51. The number of benzene rings is 2. The number of methoxy groups -OCH3 is 2. The van der Waals surface area contributed by atoms with Crippen molar-refractivity contribution in [3.63, 3.8) is 0 Å². The molecule has 0 saturated carbocycles. The second kappa shape index (κ2) is 12.1. The van der Waals surface area contributed by atoms with Gasteiger partial charge in [-0.3, -0.25) is 14.4 Å². The Kier molecular flexibility index (Phi) is 9.02. The van der Waals surface area contributed by atoms with Crippen LogP contribution in [0.1, 0.15) is 62.0 Å². The normalized spacial score (nSPS) is 20.1. The predicted octanol–water partition coefficient (Wildman–Crippen LogP) is 5.31. The highest BCUT2D eigenvalue weighted by Crippen LogP contribution is 2.51. The van der Waals surface area contributed by atoms with Crippen LogP contribution in [-0.2, 0) is 14.4 Å². The molecule has 216 valence electrons. The molecule has 2 aliphatic rings. The molecule has 0 spiro atoms. The molecular formula is C31H40N2O6S. The summed E-state index contributed by atoms with van der Waals surface area (Å²) in [5, 5.41) is 8.43. The molecule has 0 aliphatic carbocycles. The molecule has 2 heterocycles. The molecule has 8 nitrogen and oxygen atoms in total. The number of carbonyl (C=O) groups excluding carboxylic acids is 2. The fourth-order valence-corrected chi connectivity index (χ4v) is 6.99. The van der Waals surface area contributed by atoms with E-state index in [0.717, 1.165) is 22.4 Å². The second-order valence-corrected chi connectivity index (χ2v) is 13.1. The van der Waals surface area contributed by atoms with Crippen molar-refractivity contribution in [2.75, 3.05) is 38.8 Å².